The molecule has 0 aliphatic carbocycles. The van der Waals surface area contributed by atoms with Crippen LogP contribution in [0.25, 0.3) is 0 Å². The predicted molar refractivity (Wildman–Crippen MR) is 42.4 cm³/mol. The van der Waals surface area contributed by atoms with Crippen LogP contribution in [-0.4, -0.2) is 4.92 Å². The van der Waals surface area contributed by atoms with Gasteiger partial charge in [0.1, 0.15) is 0 Å². The Morgan fingerprint density at radius 2 is 2.00 bits per heavy atom. The molecule has 0 fully saturated rings. The summed E-state index contributed by atoms with van der Waals surface area (Å²) in [5.74, 6) is 0. The van der Waals surface area contributed by atoms with E-state index >= 15 is 0 Å². The summed E-state index contributed by atoms with van der Waals surface area (Å²) in [6.45, 7) is 0. The van der Waals surface area contributed by atoms with Crippen molar-refractivity contribution in [1.29, 1.82) is 0 Å². The number of hydrogen-bond donors (Lipinski definition) is 0. The number of nitro benzene ring substituents is 1. The second-order valence-corrected chi connectivity index (χ2v) is 2.44. The van der Waals surface area contributed by atoms with Crippen LogP contribution in [0.5, 0.6) is 0 Å². The highest BCUT2D eigenvalue weighted by molar-refractivity contribution is 7.27. The van der Waals surface area contributed by atoms with E-state index in [1.54, 1.807) is 18.2 Å². The Hall–Kier alpha value is -0.950. The Morgan fingerprint density at radius 3 is 2.40 bits per heavy atom. The zero-order chi connectivity index (χ0) is 7.56. The normalized spacial score (nSPS) is 9.30. The van der Waals surface area contributed by atoms with E-state index < -0.39 is 4.92 Å². The Labute approximate surface area is 60.4 Å². The van der Waals surface area contributed by atoms with E-state index in [0.717, 1.165) is 0 Å². The van der Waals surface area contributed by atoms with Crippen molar-refractivity contribution < 1.29 is 4.92 Å². The van der Waals surface area contributed by atoms with E-state index in [4.69, 9.17) is 0 Å². The smallest absolute Gasteiger partial charge is 0.258 e. The molecule has 3 nitrogen and oxygen atoms in total. The molecule has 0 saturated heterocycles. The molecule has 10 heavy (non-hydrogen) atoms. The average Bonchev–Trinajstić information content (AvgIpc) is 1.88. The van der Waals surface area contributed by atoms with Crippen molar-refractivity contribution in [2.75, 3.05) is 0 Å². The summed E-state index contributed by atoms with van der Waals surface area (Å²) in [6.07, 6.45) is 0. The van der Waals surface area contributed by atoms with Crippen LogP contribution < -0.4 is 5.30 Å². The maximum absolute atomic E-state index is 10.2. The summed E-state index contributed by atoms with van der Waals surface area (Å²) in [5.41, 5.74) is 0.146. The van der Waals surface area contributed by atoms with Gasteiger partial charge in [-0.3, -0.25) is 10.1 Å². The third kappa shape index (κ3) is 1.31. The first kappa shape index (κ1) is 7.16. The van der Waals surface area contributed by atoms with E-state index in [0.29, 0.717) is 5.30 Å². The zero-order valence-electron chi connectivity index (χ0n) is 5.15. The number of hydrogen-bond acceptors (Lipinski definition) is 2. The third-order valence-electron chi connectivity index (χ3n) is 1.13. The minimum atomic E-state index is -0.400. The Morgan fingerprint density at radius 1 is 1.40 bits per heavy atom. The first-order valence-electron chi connectivity index (χ1n) is 2.70. The van der Waals surface area contributed by atoms with E-state index in [9.17, 15) is 10.1 Å². The van der Waals surface area contributed by atoms with Crippen LogP contribution in [0.4, 0.5) is 5.69 Å². The molecular weight excluding hydrogens is 149 g/mol. The first-order valence-corrected chi connectivity index (χ1v) is 3.28. The van der Waals surface area contributed by atoms with Gasteiger partial charge in [0.15, 0.2) is 0 Å². The van der Waals surface area contributed by atoms with Gasteiger partial charge in [0.05, 0.1) is 4.92 Å². The van der Waals surface area contributed by atoms with Crippen LogP contribution >= 0.6 is 9.24 Å². The quantitative estimate of drug-likeness (QED) is 0.346. The standard InChI is InChI=1S/C6H6NO2P/c8-7(9)5-3-1-2-4-6(5)10/h1-4H,10H2. The number of nitrogens with zero attached hydrogens (tertiary/aromatic N) is 1. The number of rotatable bonds is 1. The molecule has 1 atom stereocenters. The van der Waals surface area contributed by atoms with Crippen molar-refractivity contribution in [2.45, 2.75) is 0 Å². The molecule has 0 aliphatic rings. The molecular formula is C6H6NO2P. The fourth-order valence-corrected chi connectivity index (χ4v) is 0.967. The highest BCUT2D eigenvalue weighted by Crippen LogP contribution is 2.08. The second-order valence-electron chi connectivity index (χ2n) is 1.82. The Kier molecular flexibility index (Phi) is 1.97. The summed E-state index contributed by atoms with van der Waals surface area (Å²) in [4.78, 5) is 9.81. The van der Waals surface area contributed by atoms with Gasteiger partial charge in [-0.25, -0.2) is 0 Å². The van der Waals surface area contributed by atoms with Gasteiger partial charge in [0.25, 0.3) is 5.69 Å². The van der Waals surface area contributed by atoms with Crippen molar-refractivity contribution in [3.8, 4) is 0 Å². The summed E-state index contributed by atoms with van der Waals surface area (Å²) in [5, 5.41) is 10.8. The second kappa shape index (κ2) is 2.76. The molecule has 0 heterocycles. The van der Waals surface area contributed by atoms with E-state index in [1.165, 1.54) is 6.07 Å². The Bertz CT molecular complexity index is 262. The van der Waals surface area contributed by atoms with Crippen LogP contribution in [0.1, 0.15) is 0 Å². The van der Waals surface area contributed by atoms with Gasteiger partial charge in [-0.2, -0.15) is 0 Å². The highest BCUT2D eigenvalue weighted by Gasteiger charge is 2.06. The fraction of sp³-hybridized carbons (Fsp3) is 0. The first-order chi connectivity index (χ1) is 4.72. The molecule has 52 valence electrons. The van der Waals surface area contributed by atoms with E-state index in [-0.39, 0.29) is 5.69 Å². The van der Waals surface area contributed by atoms with Crippen molar-refractivity contribution in [3.05, 3.63) is 34.4 Å². The molecule has 1 rings (SSSR count). The summed E-state index contributed by atoms with van der Waals surface area (Å²) >= 11 is 0. The number of benzene rings is 1. The summed E-state index contributed by atoms with van der Waals surface area (Å²) in [7, 11) is 2.31. The lowest BCUT2D eigenvalue weighted by Gasteiger charge is -1.92. The molecule has 0 aliphatic heterocycles. The molecule has 0 N–H and O–H groups in total. The fourth-order valence-electron chi connectivity index (χ4n) is 0.654. The molecule has 1 aromatic rings. The zero-order valence-corrected chi connectivity index (χ0v) is 6.31. The predicted octanol–water partition coefficient (Wildman–Crippen LogP) is 1.10. The largest absolute Gasteiger partial charge is 0.276 e. The van der Waals surface area contributed by atoms with Crippen LogP contribution in [0.2, 0.25) is 0 Å². The van der Waals surface area contributed by atoms with E-state index in [1.807, 2.05) is 0 Å². The lowest BCUT2D eigenvalue weighted by Crippen LogP contribution is -1.99. The van der Waals surface area contributed by atoms with Gasteiger partial charge in [0.2, 0.25) is 0 Å². The monoisotopic (exact) mass is 155 g/mol. The molecule has 0 spiro atoms. The Balaban J connectivity index is 3.15. The van der Waals surface area contributed by atoms with Crippen molar-refractivity contribution in [1.82, 2.24) is 0 Å². The maximum Gasteiger partial charge on any atom is 0.276 e. The molecule has 1 aromatic carbocycles. The SMILES string of the molecule is O=[N+]([O-])c1ccccc1P. The molecule has 0 radical (unpaired) electrons. The van der Waals surface area contributed by atoms with Gasteiger partial charge < -0.3 is 0 Å². The molecule has 0 saturated carbocycles. The van der Waals surface area contributed by atoms with Gasteiger partial charge in [0, 0.05) is 11.4 Å². The van der Waals surface area contributed by atoms with Gasteiger partial charge in [-0.15, -0.1) is 0 Å². The number of nitro groups is 1. The minimum absolute atomic E-state index is 0.146. The topological polar surface area (TPSA) is 43.1 Å². The third-order valence-corrected chi connectivity index (χ3v) is 1.62. The van der Waals surface area contributed by atoms with Gasteiger partial charge >= 0.3 is 0 Å². The molecule has 0 amide bonds. The summed E-state index contributed by atoms with van der Waals surface area (Å²) < 4.78 is 0. The van der Waals surface area contributed by atoms with Crippen molar-refractivity contribution in [3.63, 3.8) is 0 Å². The lowest BCUT2D eigenvalue weighted by atomic mass is 10.3. The van der Waals surface area contributed by atoms with Gasteiger partial charge in [-0.05, 0) is 6.07 Å². The maximum atomic E-state index is 10.2. The van der Waals surface area contributed by atoms with Gasteiger partial charge in [-0.1, -0.05) is 21.4 Å². The molecule has 0 aromatic heterocycles. The van der Waals surface area contributed by atoms with Crippen LogP contribution in [0.3, 0.4) is 0 Å². The highest BCUT2D eigenvalue weighted by atomic mass is 31.0. The minimum Gasteiger partial charge on any atom is -0.258 e. The molecule has 0 bridgehead atoms. The van der Waals surface area contributed by atoms with Crippen LogP contribution in [0.15, 0.2) is 24.3 Å². The average molecular weight is 155 g/mol. The van der Waals surface area contributed by atoms with Crippen molar-refractivity contribution >= 4 is 20.2 Å². The van der Waals surface area contributed by atoms with E-state index in [2.05, 4.69) is 9.24 Å². The van der Waals surface area contributed by atoms with Crippen molar-refractivity contribution in [2.24, 2.45) is 0 Å². The number of para-hydroxylation sites is 1. The summed E-state index contributed by atoms with van der Waals surface area (Å²) in [6, 6.07) is 6.56. The van der Waals surface area contributed by atoms with Crippen LogP contribution in [0, 0.1) is 10.1 Å². The lowest BCUT2D eigenvalue weighted by molar-refractivity contribution is -0.383. The molecule has 4 heteroatoms. The van der Waals surface area contributed by atoms with Crippen LogP contribution in [-0.2, 0) is 0 Å². The molecule has 1 unspecified atom stereocenters.